The van der Waals surface area contributed by atoms with Crippen molar-refractivity contribution in [1.29, 1.82) is 0 Å². The summed E-state index contributed by atoms with van der Waals surface area (Å²) in [4.78, 5) is 8.62. The quantitative estimate of drug-likeness (QED) is 0.892. The highest BCUT2D eigenvalue weighted by Gasteiger charge is 2.30. The molecule has 116 valence electrons. The minimum absolute atomic E-state index is 0.431. The standard InChI is InChI=1S/C15H15F3N4/c1-9-8-13(22-14(19-9)21-12-6-7-12)20-11-4-2-10(3-5-11)15(16,17)18/h2-5,8,12H,6-7H2,1H3,(H2,19,20,21,22). The number of benzene rings is 1. The van der Waals surface area contributed by atoms with Gasteiger partial charge in [-0.25, -0.2) is 4.98 Å². The Morgan fingerprint density at radius 2 is 1.77 bits per heavy atom. The molecule has 1 aromatic carbocycles. The molecule has 0 bridgehead atoms. The molecule has 1 aliphatic rings. The first-order valence-electron chi connectivity index (χ1n) is 6.97. The van der Waals surface area contributed by atoms with E-state index in [2.05, 4.69) is 20.6 Å². The van der Waals surface area contributed by atoms with Crippen LogP contribution in [-0.2, 0) is 6.18 Å². The van der Waals surface area contributed by atoms with Crippen molar-refractivity contribution in [2.24, 2.45) is 0 Å². The van der Waals surface area contributed by atoms with E-state index >= 15 is 0 Å². The summed E-state index contributed by atoms with van der Waals surface area (Å²) in [6.07, 6.45) is -2.11. The monoisotopic (exact) mass is 308 g/mol. The second-order valence-electron chi connectivity index (χ2n) is 5.34. The van der Waals surface area contributed by atoms with E-state index in [0.717, 1.165) is 30.7 Å². The average Bonchev–Trinajstić information content (AvgIpc) is 3.21. The van der Waals surface area contributed by atoms with Crippen LogP contribution in [0.15, 0.2) is 30.3 Å². The third kappa shape index (κ3) is 3.66. The molecule has 0 unspecified atom stereocenters. The smallest absolute Gasteiger partial charge is 0.351 e. The van der Waals surface area contributed by atoms with Crippen LogP contribution in [0.5, 0.6) is 0 Å². The summed E-state index contributed by atoms with van der Waals surface area (Å²) in [6.45, 7) is 1.84. The average molecular weight is 308 g/mol. The zero-order valence-corrected chi connectivity index (χ0v) is 11.9. The van der Waals surface area contributed by atoms with E-state index in [1.807, 2.05) is 6.92 Å². The SMILES string of the molecule is Cc1cc(Nc2ccc(C(F)(F)F)cc2)nc(NC2CC2)n1. The summed E-state index contributed by atoms with van der Waals surface area (Å²) in [5, 5.41) is 6.20. The van der Waals surface area contributed by atoms with Crippen molar-refractivity contribution in [2.45, 2.75) is 32.0 Å². The summed E-state index contributed by atoms with van der Waals surface area (Å²) >= 11 is 0. The molecule has 4 nitrogen and oxygen atoms in total. The first-order valence-corrected chi connectivity index (χ1v) is 6.97. The Kier molecular flexibility index (Phi) is 3.64. The van der Waals surface area contributed by atoms with Gasteiger partial charge in [0.2, 0.25) is 5.95 Å². The Balaban J connectivity index is 1.75. The van der Waals surface area contributed by atoms with E-state index < -0.39 is 11.7 Å². The topological polar surface area (TPSA) is 49.8 Å². The molecule has 1 heterocycles. The van der Waals surface area contributed by atoms with Gasteiger partial charge >= 0.3 is 6.18 Å². The van der Waals surface area contributed by atoms with Crippen molar-refractivity contribution >= 4 is 17.5 Å². The number of nitrogens with zero attached hydrogens (tertiary/aromatic N) is 2. The van der Waals surface area contributed by atoms with Gasteiger partial charge in [0.25, 0.3) is 0 Å². The van der Waals surface area contributed by atoms with E-state index in [1.54, 1.807) is 6.07 Å². The number of alkyl halides is 3. The van der Waals surface area contributed by atoms with Crippen molar-refractivity contribution in [3.8, 4) is 0 Å². The van der Waals surface area contributed by atoms with Gasteiger partial charge in [-0.1, -0.05) is 0 Å². The van der Waals surface area contributed by atoms with Gasteiger partial charge in [-0.05, 0) is 44.0 Å². The molecule has 7 heteroatoms. The zero-order valence-electron chi connectivity index (χ0n) is 11.9. The van der Waals surface area contributed by atoms with Crippen LogP contribution in [0.25, 0.3) is 0 Å². The van der Waals surface area contributed by atoms with Gasteiger partial charge in [0.15, 0.2) is 0 Å². The van der Waals surface area contributed by atoms with Crippen molar-refractivity contribution in [3.63, 3.8) is 0 Å². The maximum absolute atomic E-state index is 12.5. The molecule has 0 radical (unpaired) electrons. The van der Waals surface area contributed by atoms with Crippen LogP contribution in [-0.4, -0.2) is 16.0 Å². The lowest BCUT2D eigenvalue weighted by Gasteiger charge is -2.11. The highest BCUT2D eigenvalue weighted by Crippen LogP contribution is 2.30. The van der Waals surface area contributed by atoms with Crippen LogP contribution < -0.4 is 10.6 Å². The van der Waals surface area contributed by atoms with Crippen molar-refractivity contribution in [1.82, 2.24) is 9.97 Å². The molecule has 22 heavy (non-hydrogen) atoms. The molecule has 1 aromatic heterocycles. The molecule has 0 spiro atoms. The van der Waals surface area contributed by atoms with Crippen LogP contribution in [0, 0.1) is 6.92 Å². The highest BCUT2D eigenvalue weighted by molar-refractivity contribution is 5.58. The van der Waals surface area contributed by atoms with Gasteiger partial charge in [-0.2, -0.15) is 18.2 Å². The maximum Gasteiger partial charge on any atom is 0.416 e. The fraction of sp³-hybridized carbons (Fsp3) is 0.333. The Hall–Kier alpha value is -2.31. The lowest BCUT2D eigenvalue weighted by Crippen LogP contribution is -2.08. The highest BCUT2D eigenvalue weighted by atomic mass is 19.4. The molecule has 2 N–H and O–H groups in total. The number of aromatic nitrogens is 2. The van der Waals surface area contributed by atoms with Gasteiger partial charge in [0, 0.05) is 23.5 Å². The summed E-state index contributed by atoms with van der Waals surface area (Å²) in [7, 11) is 0. The van der Waals surface area contributed by atoms with E-state index in [1.165, 1.54) is 12.1 Å². The Bertz CT molecular complexity index is 663. The lowest BCUT2D eigenvalue weighted by molar-refractivity contribution is -0.137. The third-order valence-corrected chi connectivity index (χ3v) is 3.25. The lowest BCUT2D eigenvalue weighted by atomic mass is 10.2. The molecular formula is C15H15F3N4. The van der Waals surface area contributed by atoms with E-state index in [0.29, 0.717) is 23.5 Å². The fourth-order valence-electron chi connectivity index (χ4n) is 2.00. The number of nitrogens with one attached hydrogen (secondary N) is 2. The van der Waals surface area contributed by atoms with Gasteiger partial charge < -0.3 is 10.6 Å². The van der Waals surface area contributed by atoms with Crippen LogP contribution >= 0.6 is 0 Å². The minimum Gasteiger partial charge on any atom is -0.351 e. The Morgan fingerprint density at radius 3 is 2.36 bits per heavy atom. The van der Waals surface area contributed by atoms with Gasteiger partial charge in [0.05, 0.1) is 5.56 Å². The normalized spacial score (nSPS) is 14.7. The Morgan fingerprint density at radius 1 is 1.09 bits per heavy atom. The number of rotatable bonds is 4. The van der Waals surface area contributed by atoms with E-state index in [9.17, 15) is 13.2 Å². The van der Waals surface area contributed by atoms with Crippen LogP contribution in [0.4, 0.5) is 30.6 Å². The number of hydrogen-bond acceptors (Lipinski definition) is 4. The summed E-state index contributed by atoms with van der Waals surface area (Å²) in [5.41, 5.74) is 0.657. The fourth-order valence-corrected chi connectivity index (χ4v) is 2.00. The van der Waals surface area contributed by atoms with Gasteiger partial charge in [-0.15, -0.1) is 0 Å². The van der Waals surface area contributed by atoms with E-state index in [4.69, 9.17) is 0 Å². The molecule has 0 aliphatic heterocycles. The molecule has 0 amide bonds. The number of halogens is 3. The maximum atomic E-state index is 12.5. The molecule has 1 fully saturated rings. The molecule has 2 aromatic rings. The predicted octanol–water partition coefficient (Wildman–Crippen LogP) is 4.12. The second-order valence-corrected chi connectivity index (χ2v) is 5.34. The molecule has 3 rings (SSSR count). The number of hydrogen-bond donors (Lipinski definition) is 2. The van der Waals surface area contributed by atoms with Crippen LogP contribution in [0.3, 0.4) is 0 Å². The van der Waals surface area contributed by atoms with Crippen LogP contribution in [0.1, 0.15) is 24.1 Å². The predicted molar refractivity (Wildman–Crippen MR) is 78.1 cm³/mol. The molecule has 0 saturated heterocycles. The second kappa shape index (κ2) is 5.47. The molecule has 0 atom stereocenters. The third-order valence-electron chi connectivity index (χ3n) is 3.25. The van der Waals surface area contributed by atoms with Gasteiger partial charge in [0.1, 0.15) is 5.82 Å². The van der Waals surface area contributed by atoms with Crippen molar-refractivity contribution < 1.29 is 13.2 Å². The number of anilines is 3. The zero-order chi connectivity index (χ0) is 15.7. The first kappa shape index (κ1) is 14.6. The van der Waals surface area contributed by atoms with Gasteiger partial charge in [-0.3, -0.25) is 0 Å². The first-order chi connectivity index (χ1) is 10.4. The van der Waals surface area contributed by atoms with Crippen molar-refractivity contribution in [2.75, 3.05) is 10.6 Å². The molecular weight excluding hydrogens is 293 g/mol. The largest absolute Gasteiger partial charge is 0.416 e. The van der Waals surface area contributed by atoms with E-state index in [-0.39, 0.29) is 0 Å². The summed E-state index contributed by atoms with van der Waals surface area (Å²) in [6, 6.07) is 7.03. The number of aryl methyl sites for hydroxylation is 1. The molecule has 1 aliphatic carbocycles. The van der Waals surface area contributed by atoms with Crippen LogP contribution in [0.2, 0.25) is 0 Å². The minimum atomic E-state index is -4.33. The summed E-state index contributed by atoms with van der Waals surface area (Å²) < 4.78 is 37.6. The Labute approximate surface area is 125 Å². The van der Waals surface area contributed by atoms with Crippen molar-refractivity contribution in [3.05, 3.63) is 41.6 Å². The summed E-state index contributed by atoms with van der Waals surface area (Å²) in [5.74, 6) is 1.09. The molecule has 1 saturated carbocycles.